The van der Waals surface area contributed by atoms with Gasteiger partial charge in [0.15, 0.2) is 0 Å². The Kier molecular flexibility index (Phi) is 6.22. The number of benzene rings is 1. The number of hydrogen-bond acceptors (Lipinski definition) is 4. The average Bonchev–Trinajstić information content (AvgIpc) is 2.98. The Morgan fingerprint density at radius 2 is 1.86 bits per heavy atom. The molecule has 6 heteroatoms. The number of para-hydroxylation sites is 1. The SMILES string of the molecule is C=CC(C)(C)c1[nH]c2ccccc2c1C[C@H](NC(=O)OC(C)(C)C)C(=O)OC. The second kappa shape index (κ2) is 8.09. The van der Waals surface area contributed by atoms with Crippen LogP contribution in [0.2, 0.25) is 0 Å². The first-order valence-electron chi connectivity index (χ1n) is 9.29. The molecule has 0 fully saturated rings. The van der Waals surface area contributed by atoms with Gasteiger partial charge in [-0.1, -0.05) is 38.1 Å². The minimum atomic E-state index is -0.876. The maximum atomic E-state index is 12.4. The number of aromatic amines is 1. The summed E-state index contributed by atoms with van der Waals surface area (Å²) >= 11 is 0. The predicted molar refractivity (Wildman–Crippen MR) is 110 cm³/mol. The third-order valence-electron chi connectivity index (χ3n) is 4.55. The zero-order valence-electron chi connectivity index (χ0n) is 17.5. The number of hydrogen-bond donors (Lipinski definition) is 2. The van der Waals surface area contributed by atoms with Crippen LogP contribution < -0.4 is 5.32 Å². The molecule has 0 radical (unpaired) electrons. The molecular formula is C22H30N2O4. The molecule has 0 aliphatic carbocycles. The molecule has 1 heterocycles. The summed E-state index contributed by atoms with van der Waals surface area (Å²) in [5, 5.41) is 3.64. The van der Waals surface area contributed by atoms with Crippen molar-refractivity contribution in [1.82, 2.24) is 10.3 Å². The molecule has 2 N–H and O–H groups in total. The van der Waals surface area contributed by atoms with Gasteiger partial charge in [0.05, 0.1) is 7.11 Å². The largest absolute Gasteiger partial charge is 0.467 e. The van der Waals surface area contributed by atoms with Crippen LogP contribution in [0.25, 0.3) is 10.9 Å². The summed E-state index contributed by atoms with van der Waals surface area (Å²) in [5.74, 6) is -0.529. The molecule has 2 aromatic rings. The van der Waals surface area contributed by atoms with Crippen LogP contribution in [-0.2, 0) is 26.1 Å². The number of fused-ring (bicyclic) bond motifs is 1. The Labute approximate surface area is 166 Å². The number of ether oxygens (including phenoxy) is 2. The molecule has 1 aromatic carbocycles. The van der Waals surface area contributed by atoms with Crippen molar-refractivity contribution in [2.75, 3.05) is 7.11 Å². The van der Waals surface area contributed by atoms with Crippen LogP contribution in [0.3, 0.4) is 0 Å². The maximum absolute atomic E-state index is 12.4. The number of amides is 1. The van der Waals surface area contributed by atoms with Crippen molar-refractivity contribution in [1.29, 1.82) is 0 Å². The zero-order valence-corrected chi connectivity index (χ0v) is 17.5. The average molecular weight is 386 g/mol. The number of carbonyl (C=O) groups excluding carboxylic acids is 2. The van der Waals surface area contributed by atoms with E-state index in [2.05, 4.69) is 16.9 Å². The zero-order chi connectivity index (χ0) is 21.1. The van der Waals surface area contributed by atoms with Crippen LogP contribution in [-0.4, -0.2) is 35.8 Å². The molecular weight excluding hydrogens is 356 g/mol. The summed E-state index contributed by atoms with van der Waals surface area (Å²) in [6, 6.07) is 6.99. The van der Waals surface area contributed by atoms with E-state index in [1.165, 1.54) is 7.11 Å². The van der Waals surface area contributed by atoms with Crippen molar-refractivity contribution in [2.24, 2.45) is 0 Å². The van der Waals surface area contributed by atoms with E-state index in [1.54, 1.807) is 20.8 Å². The fraction of sp³-hybridized carbons (Fsp3) is 0.455. The van der Waals surface area contributed by atoms with Crippen LogP contribution in [0.4, 0.5) is 4.79 Å². The molecule has 0 bridgehead atoms. The van der Waals surface area contributed by atoms with Gasteiger partial charge in [0.1, 0.15) is 11.6 Å². The number of methoxy groups -OCH3 is 1. The lowest BCUT2D eigenvalue weighted by Gasteiger charge is -2.24. The molecule has 1 amide bonds. The van der Waals surface area contributed by atoms with Gasteiger partial charge in [-0.2, -0.15) is 0 Å². The van der Waals surface area contributed by atoms with Gasteiger partial charge in [0, 0.05) is 28.4 Å². The number of nitrogens with one attached hydrogen (secondary N) is 2. The Hall–Kier alpha value is -2.76. The van der Waals surface area contributed by atoms with Gasteiger partial charge >= 0.3 is 12.1 Å². The van der Waals surface area contributed by atoms with Crippen molar-refractivity contribution in [2.45, 2.75) is 58.1 Å². The first-order valence-corrected chi connectivity index (χ1v) is 9.29. The highest BCUT2D eigenvalue weighted by atomic mass is 16.6. The van der Waals surface area contributed by atoms with Gasteiger partial charge in [0.25, 0.3) is 0 Å². The first kappa shape index (κ1) is 21.5. The van der Waals surface area contributed by atoms with E-state index in [0.717, 1.165) is 22.2 Å². The monoisotopic (exact) mass is 386 g/mol. The summed E-state index contributed by atoms with van der Waals surface area (Å²) in [6.07, 6.45) is 1.46. The topological polar surface area (TPSA) is 80.4 Å². The van der Waals surface area contributed by atoms with Gasteiger partial charge in [-0.15, -0.1) is 6.58 Å². The normalized spacial score (nSPS) is 13.1. The smallest absolute Gasteiger partial charge is 0.408 e. The summed E-state index contributed by atoms with van der Waals surface area (Å²) in [7, 11) is 1.30. The van der Waals surface area contributed by atoms with Gasteiger partial charge in [-0.3, -0.25) is 0 Å². The fourth-order valence-corrected chi connectivity index (χ4v) is 3.05. The number of allylic oxidation sites excluding steroid dienone is 1. The third-order valence-corrected chi connectivity index (χ3v) is 4.55. The number of rotatable bonds is 6. The van der Waals surface area contributed by atoms with Crippen LogP contribution in [0.5, 0.6) is 0 Å². The summed E-state index contributed by atoms with van der Waals surface area (Å²) < 4.78 is 10.2. The van der Waals surface area contributed by atoms with Crippen LogP contribution in [0, 0.1) is 0 Å². The Balaban J connectivity index is 2.44. The van der Waals surface area contributed by atoms with Crippen LogP contribution in [0.15, 0.2) is 36.9 Å². The number of carbonyl (C=O) groups is 2. The lowest BCUT2D eigenvalue weighted by Crippen LogP contribution is -2.45. The van der Waals surface area contributed by atoms with E-state index in [-0.39, 0.29) is 11.8 Å². The number of H-pyrrole nitrogens is 1. The quantitative estimate of drug-likeness (QED) is 0.575. The molecule has 152 valence electrons. The van der Waals surface area contributed by atoms with Gasteiger partial charge in [-0.05, 0) is 32.4 Å². The third kappa shape index (κ3) is 4.94. The summed E-state index contributed by atoms with van der Waals surface area (Å²) in [6.45, 7) is 13.3. The van der Waals surface area contributed by atoms with Crippen molar-refractivity contribution < 1.29 is 19.1 Å². The number of esters is 1. The molecule has 0 saturated carbocycles. The summed E-state index contributed by atoms with van der Waals surface area (Å²) in [5.41, 5.74) is 1.83. The molecule has 1 aromatic heterocycles. The van der Waals surface area contributed by atoms with Crippen LogP contribution >= 0.6 is 0 Å². The highest BCUT2D eigenvalue weighted by Crippen LogP contribution is 2.33. The van der Waals surface area contributed by atoms with Crippen LogP contribution in [0.1, 0.15) is 45.9 Å². The van der Waals surface area contributed by atoms with E-state index >= 15 is 0 Å². The van der Waals surface area contributed by atoms with E-state index in [9.17, 15) is 9.59 Å². The highest BCUT2D eigenvalue weighted by molar-refractivity contribution is 5.87. The Bertz CT molecular complexity index is 874. The molecule has 0 saturated heterocycles. The van der Waals surface area contributed by atoms with E-state index < -0.39 is 23.7 Å². The molecule has 0 aliphatic rings. The van der Waals surface area contributed by atoms with Crippen molar-refractivity contribution in [3.63, 3.8) is 0 Å². The van der Waals surface area contributed by atoms with Crippen molar-refractivity contribution in [3.05, 3.63) is 48.2 Å². The number of aromatic nitrogens is 1. The predicted octanol–water partition coefficient (Wildman–Crippen LogP) is 4.24. The van der Waals surface area contributed by atoms with Gasteiger partial charge in [0.2, 0.25) is 0 Å². The van der Waals surface area contributed by atoms with E-state index in [4.69, 9.17) is 9.47 Å². The maximum Gasteiger partial charge on any atom is 0.408 e. The molecule has 0 spiro atoms. The molecule has 0 aliphatic heterocycles. The van der Waals surface area contributed by atoms with Gasteiger partial charge < -0.3 is 19.8 Å². The molecule has 1 atom stereocenters. The Morgan fingerprint density at radius 1 is 1.21 bits per heavy atom. The standard InChI is InChI=1S/C22H30N2O4/c1-8-22(5,6)18-15(14-11-9-10-12-16(14)23-18)13-17(19(25)27-7)24-20(26)28-21(2,3)4/h8-12,17,23H,1,13H2,2-7H3,(H,24,26)/t17-/m0/s1. The second-order valence-electron chi connectivity index (χ2n) is 8.38. The van der Waals surface area contributed by atoms with E-state index in [0.29, 0.717) is 0 Å². The summed E-state index contributed by atoms with van der Waals surface area (Å²) in [4.78, 5) is 28.1. The minimum absolute atomic E-state index is 0.266. The number of alkyl carbamates (subject to hydrolysis) is 1. The van der Waals surface area contributed by atoms with E-state index in [1.807, 2.05) is 44.2 Å². The molecule has 28 heavy (non-hydrogen) atoms. The minimum Gasteiger partial charge on any atom is -0.467 e. The Morgan fingerprint density at radius 3 is 2.43 bits per heavy atom. The molecule has 6 nitrogen and oxygen atoms in total. The lowest BCUT2D eigenvalue weighted by atomic mass is 9.85. The fourth-order valence-electron chi connectivity index (χ4n) is 3.05. The van der Waals surface area contributed by atoms with Gasteiger partial charge in [-0.25, -0.2) is 9.59 Å². The molecule has 0 unspecified atom stereocenters. The molecule has 2 rings (SSSR count). The second-order valence-corrected chi connectivity index (χ2v) is 8.38. The van der Waals surface area contributed by atoms with Crippen molar-refractivity contribution in [3.8, 4) is 0 Å². The lowest BCUT2D eigenvalue weighted by molar-refractivity contribution is -0.143. The highest BCUT2D eigenvalue weighted by Gasteiger charge is 2.30. The first-order chi connectivity index (χ1) is 13.0. The van der Waals surface area contributed by atoms with Crippen molar-refractivity contribution >= 4 is 23.0 Å².